The molecule has 0 spiro atoms. The van der Waals surface area contributed by atoms with Gasteiger partial charge in [0.25, 0.3) is 5.91 Å². The highest BCUT2D eigenvalue weighted by Crippen LogP contribution is 2.42. The van der Waals surface area contributed by atoms with Crippen LogP contribution in [0.15, 0.2) is 30.5 Å². The molecule has 0 saturated carbocycles. The van der Waals surface area contributed by atoms with E-state index in [9.17, 15) is 18.4 Å². The summed E-state index contributed by atoms with van der Waals surface area (Å²) in [6, 6.07) is 5.58. The number of primary amides is 1. The van der Waals surface area contributed by atoms with Gasteiger partial charge in [0.1, 0.15) is 5.69 Å². The number of pyridine rings is 1. The number of aromatic nitrogens is 1. The van der Waals surface area contributed by atoms with Crippen LogP contribution >= 0.6 is 0 Å². The first kappa shape index (κ1) is 24.2. The van der Waals surface area contributed by atoms with Crippen molar-refractivity contribution in [3.8, 4) is 5.75 Å². The first-order chi connectivity index (χ1) is 14.7. The highest BCUT2D eigenvalue weighted by atomic mass is 19.2. The average molecular weight is 437 g/mol. The number of benzene rings is 1. The summed E-state index contributed by atoms with van der Waals surface area (Å²) in [6.45, 7) is 4.20. The standard InChI is InChI=1S/C14H18F2O3.C7H7N3O2/c1-14(2)13(18-4)9(7-19-14)8-5-6-10(15)11(16)12(8)17-3;8-7(12)6-3-5(10-4-11)1-2-9-6/h5-6,9,13H,7H2,1-4H3;1-4H,(H2,8,12)(H,9,10,11). The number of rotatable bonds is 6. The summed E-state index contributed by atoms with van der Waals surface area (Å²) >= 11 is 0. The number of halogens is 2. The van der Waals surface area contributed by atoms with Gasteiger partial charge in [-0.15, -0.1) is 0 Å². The summed E-state index contributed by atoms with van der Waals surface area (Å²) in [6.07, 6.45) is 1.66. The molecule has 168 valence electrons. The fourth-order valence-electron chi connectivity index (χ4n) is 3.43. The number of anilines is 1. The third-order valence-electron chi connectivity index (χ3n) is 4.86. The van der Waals surface area contributed by atoms with Gasteiger partial charge in [-0.25, -0.2) is 4.39 Å². The number of nitrogens with zero attached hydrogens (tertiary/aromatic N) is 1. The number of nitrogens with one attached hydrogen (secondary N) is 1. The van der Waals surface area contributed by atoms with Gasteiger partial charge in [0, 0.05) is 30.5 Å². The van der Waals surface area contributed by atoms with Crippen molar-refractivity contribution in [3.63, 3.8) is 0 Å². The van der Waals surface area contributed by atoms with E-state index in [0.29, 0.717) is 24.3 Å². The Labute approximate surface area is 178 Å². The van der Waals surface area contributed by atoms with Crippen LogP contribution in [0.5, 0.6) is 5.75 Å². The van der Waals surface area contributed by atoms with Crippen molar-refractivity contribution >= 4 is 18.0 Å². The van der Waals surface area contributed by atoms with Crippen molar-refractivity contribution in [1.82, 2.24) is 4.98 Å². The van der Waals surface area contributed by atoms with Crippen molar-refractivity contribution in [1.29, 1.82) is 0 Å². The lowest BCUT2D eigenvalue weighted by atomic mass is 9.87. The van der Waals surface area contributed by atoms with Gasteiger partial charge < -0.3 is 25.3 Å². The van der Waals surface area contributed by atoms with E-state index in [1.807, 2.05) is 13.8 Å². The zero-order valence-corrected chi connectivity index (χ0v) is 17.6. The normalized spacial score (nSPS) is 19.2. The molecule has 0 radical (unpaired) electrons. The first-order valence-corrected chi connectivity index (χ1v) is 9.31. The zero-order valence-electron chi connectivity index (χ0n) is 17.6. The predicted octanol–water partition coefficient (Wildman–Crippen LogP) is 2.63. The Balaban J connectivity index is 0.000000245. The van der Waals surface area contributed by atoms with Crippen LogP contribution in [0, 0.1) is 11.6 Å². The minimum atomic E-state index is -0.973. The van der Waals surface area contributed by atoms with Crippen LogP contribution in [0.4, 0.5) is 14.5 Å². The van der Waals surface area contributed by atoms with E-state index in [-0.39, 0.29) is 23.5 Å². The molecular formula is C21H25F2N3O5. The summed E-state index contributed by atoms with van der Waals surface area (Å²) in [5, 5.41) is 2.37. The quantitative estimate of drug-likeness (QED) is 0.672. The minimum absolute atomic E-state index is 0.0756. The molecule has 2 aromatic rings. The van der Waals surface area contributed by atoms with E-state index in [1.165, 1.54) is 25.4 Å². The molecule has 2 heterocycles. The number of methoxy groups -OCH3 is 2. The lowest BCUT2D eigenvalue weighted by Gasteiger charge is -2.28. The minimum Gasteiger partial charge on any atom is -0.493 e. The molecule has 2 unspecified atom stereocenters. The van der Waals surface area contributed by atoms with E-state index in [1.54, 1.807) is 13.2 Å². The molecule has 8 nitrogen and oxygen atoms in total. The van der Waals surface area contributed by atoms with Crippen molar-refractivity contribution in [3.05, 3.63) is 53.4 Å². The number of hydrogen-bond acceptors (Lipinski definition) is 6. The average Bonchev–Trinajstić information content (AvgIpc) is 3.04. The SMILES string of the molecule is COc1c(C2COC(C)(C)C2OC)ccc(F)c1F.NC(=O)c1cc(NC=O)ccn1. The molecule has 1 aliphatic heterocycles. The largest absolute Gasteiger partial charge is 0.493 e. The molecule has 3 rings (SSSR count). The summed E-state index contributed by atoms with van der Waals surface area (Å²) in [7, 11) is 2.91. The van der Waals surface area contributed by atoms with Crippen molar-refractivity contribution in [2.24, 2.45) is 5.73 Å². The maximum atomic E-state index is 13.8. The Kier molecular flexibility index (Phi) is 8.01. The molecule has 0 bridgehead atoms. The lowest BCUT2D eigenvalue weighted by molar-refractivity contribution is -0.105. The van der Waals surface area contributed by atoms with E-state index in [4.69, 9.17) is 19.9 Å². The van der Waals surface area contributed by atoms with Crippen LogP contribution in [0.2, 0.25) is 0 Å². The number of ether oxygens (including phenoxy) is 3. The molecule has 3 N–H and O–H groups in total. The van der Waals surface area contributed by atoms with Crippen LogP contribution in [-0.4, -0.2) is 49.8 Å². The Bertz CT molecular complexity index is 939. The van der Waals surface area contributed by atoms with Crippen LogP contribution < -0.4 is 15.8 Å². The number of hydrogen-bond donors (Lipinski definition) is 2. The highest BCUT2D eigenvalue weighted by Gasteiger charge is 2.45. The Morgan fingerprint density at radius 2 is 2.03 bits per heavy atom. The number of amides is 2. The predicted molar refractivity (Wildman–Crippen MR) is 109 cm³/mol. The second-order valence-electron chi connectivity index (χ2n) is 7.22. The second-order valence-corrected chi connectivity index (χ2v) is 7.22. The summed E-state index contributed by atoms with van der Waals surface area (Å²) in [5.74, 6) is -2.78. The highest BCUT2D eigenvalue weighted by molar-refractivity contribution is 5.92. The van der Waals surface area contributed by atoms with Crippen LogP contribution in [0.1, 0.15) is 35.8 Å². The van der Waals surface area contributed by atoms with Crippen molar-refractivity contribution in [2.45, 2.75) is 31.5 Å². The summed E-state index contributed by atoms with van der Waals surface area (Å²) in [5.41, 5.74) is 5.67. The van der Waals surface area contributed by atoms with Crippen LogP contribution in [0.25, 0.3) is 0 Å². The molecule has 10 heteroatoms. The molecule has 1 saturated heterocycles. The van der Waals surface area contributed by atoms with E-state index < -0.39 is 23.1 Å². The van der Waals surface area contributed by atoms with E-state index in [0.717, 1.165) is 6.07 Å². The molecule has 1 aromatic heterocycles. The van der Waals surface area contributed by atoms with Gasteiger partial charge in [-0.05, 0) is 32.0 Å². The second kappa shape index (κ2) is 10.3. The van der Waals surface area contributed by atoms with Gasteiger partial charge in [-0.2, -0.15) is 4.39 Å². The Hall–Kier alpha value is -3.11. The Morgan fingerprint density at radius 1 is 1.32 bits per heavy atom. The molecule has 2 atom stereocenters. The van der Waals surface area contributed by atoms with Crippen molar-refractivity contribution in [2.75, 3.05) is 26.1 Å². The third kappa shape index (κ3) is 5.53. The number of nitrogens with two attached hydrogens (primary N) is 1. The molecule has 2 amide bonds. The number of carbonyl (C=O) groups is 2. The smallest absolute Gasteiger partial charge is 0.267 e. The zero-order chi connectivity index (χ0) is 23.2. The van der Waals surface area contributed by atoms with Gasteiger partial charge in [-0.1, -0.05) is 6.07 Å². The molecule has 1 aromatic carbocycles. The van der Waals surface area contributed by atoms with Crippen molar-refractivity contribution < 1.29 is 32.6 Å². The van der Waals surface area contributed by atoms with Crippen LogP contribution in [-0.2, 0) is 14.3 Å². The Morgan fingerprint density at radius 3 is 2.61 bits per heavy atom. The number of carbonyl (C=O) groups excluding carboxylic acids is 2. The fourth-order valence-corrected chi connectivity index (χ4v) is 3.43. The van der Waals surface area contributed by atoms with E-state index in [2.05, 4.69) is 10.3 Å². The molecule has 0 aliphatic carbocycles. The topological polar surface area (TPSA) is 113 Å². The first-order valence-electron chi connectivity index (χ1n) is 9.31. The fraction of sp³-hybridized carbons (Fsp3) is 0.381. The molecule has 1 fully saturated rings. The molecular weight excluding hydrogens is 412 g/mol. The van der Waals surface area contributed by atoms with Gasteiger partial charge in [0.2, 0.25) is 12.2 Å². The van der Waals surface area contributed by atoms with Gasteiger partial charge in [0.15, 0.2) is 11.6 Å². The monoisotopic (exact) mass is 437 g/mol. The molecule has 1 aliphatic rings. The summed E-state index contributed by atoms with van der Waals surface area (Å²) < 4.78 is 43.2. The lowest BCUT2D eigenvalue weighted by Crippen LogP contribution is -2.36. The third-order valence-corrected chi connectivity index (χ3v) is 4.86. The van der Waals surface area contributed by atoms with Crippen LogP contribution in [0.3, 0.4) is 0 Å². The maximum Gasteiger partial charge on any atom is 0.267 e. The molecule has 31 heavy (non-hydrogen) atoms. The van der Waals surface area contributed by atoms with Gasteiger partial charge in [0.05, 0.1) is 25.4 Å². The summed E-state index contributed by atoms with van der Waals surface area (Å²) in [4.78, 5) is 24.3. The van der Waals surface area contributed by atoms with Gasteiger partial charge >= 0.3 is 0 Å². The van der Waals surface area contributed by atoms with Gasteiger partial charge in [-0.3, -0.25) is 14.6 Å². The van der Waals surface area contributed by atoms with E-state index >= 15 is 0 Å². The maximum absolute atomic E-state index is 13.8.